The van der Waals surface area contributed by atoms with Gasteiger partial charge in [-0.2, -0.15) is 0 Å². The minimum atomic E-state index is -0.637. The summed E-state index contributed by atoms with van der Waals surface area (Å²) in [4.78, 5) is 16.1. The van der Waals surface area contributed by atoms with Crippen molar-refractivity contribution < 1.29 is 9.53 Å². The van der Waals surface area contributed by atoms with E-state index in [1.54, 1.807) is 4.57 Å². The molecule has 1 atom stereocenters. The zero-order valence-electron chi connectivity index (χ0n) is 15.0. The van der Waals surface area contributed by atoms with E-state index in [9.17, 15) is 4.79 Å². The van der Waals surface area contributed by atoms with Crippen LogP contribution in [0.5, 0.6) is 0 Å². The molecule has 0 radical (unpaired) electrons. The first kappa shape index (κ1) is 15.3. The monoisotopic (exact) mass is 344 g/mol. The molecule has 26 heavy (non-hydrogen) atoms. The molecular formula is C22H20N2O2. The van der Waals surface area contributed by atoms with Crippen LogP contribution in [0.1, 0.15) is 36.6 Å². The molecule has 0 saturated heterocycles. The van der Waals surface area contributed by atoms with Crippen LogP contribution >= 0.6 is 0 Å². The Morgan fingerprint density at radius 2 is 1.92 bits per heavy atom. The molecule has 1 unspecified atom stereocenters. The summed E-state index contributed by atoms with van der Waals surface area (Å²) in [5.41, 5.74) is 4.71. The Morgan fingerprint density at radius 1 is 1.12 bits per heavy atom. The molecule has 3 heterocycles. The molecule has 4 heteroatoms. The van der Waals surface area contributed by atoms with Gasteiger partial charge in [0.1, 0.15) is 5.60 Å². The van der Waals surface area contributed by atoms with Gasteiger partial charge in [-0.1, -0.05) is 30.3 Å². The summed E-state index contributed by atoms with van der Waals surface area (Å²) >= 11 is 0. The summed E-state index contributed by atoms with van der Waals surface area (Å²) in [6.45, 7) is 6.07. The fourth-order valence-electron chi connectivity index (χ4n) is 4.31. The van der Waals surface area contributed by atoms with Crippen molar-refractivity contribution in [2.45, 2.75) is 32.3 Å². The lowest BCUT2D eigenvalue weighted by Gasteiger charge is -2.38. The van der Waals surface area contributed by atoms with Crippen LogP contribution in [0.3, 0.4) is 0 Å². The van der Waals surface area contributed by atoms with E-state index in [0.29, 0.717) is 0 Å². The molecule has 5 rings (SSSR count). The second kappa shape index (κ2) is 5.01. The quantitative estimate of drug-likeness (QED) is 0.506. The van der Waals surface area contributed by atoms with Crippen molar-refractivity contribution in [3.8, 4) is 0 Å². The SMILES string of the molecule is Cc1ccc2c(C3c4cc5ccccc5n4C(=O)OC3(C)C)c[nH]c2c1. The highest BCUT2D eigenvalue weighted by atomic mass is 16.6. The minimum Gasteiger partial charge on any atom is -0.442 e. The lowest BCUT2D eigenvalue weighted by atomic mass is 9.81. The van der Waals surface area contributed by atoms with Crippen molar-refractivity contribution in [3.63, 3.8) is 0 Å². The molecule has 0 amide bonds. The van der Waals surface area contributed by atoms with E-state index in [0.717, 1.165) is 27.7 Å². The third kappa shape index (κ3) is 1.99. The summed E-state index contributed by atoms with van der Waals surface area (Å²) in [7, 11) is 0. The number of carbonyl (C=O) groups excluding carboxylic acids is 1. The van der Waals surface area contributed by atoms with Gasteiger partial charge in [-0.05, 0) is 50.1 Å². The zero-order valence-corrected chi connectivity index (χ0v) is 15.0. The van der Waals surface area contributed by atoms with Gasteiger partial charge >= 0.3 is 6.09 Å². The van der Waals surface area contributed by atoms with Crippen LogP contribution in [0.15, 0.2) is 54.7 Å². The largest absolute Gasteiger partial charge is 0.442 e. The molecule has 0 bridgehead atoms. The fourth-order valence-corrected chi connectivity index (χ4v) is 4.31. The minimum absolute atomic E-state index is 0.0518. The number of nitrogens with zero attached hydrogens (tertiary/aromatic N) is 1. The number of aromatic nitrogens is 2. The molecule has 4 nitrogen and oxygen atoms in total. The summed E-state index contributed by atoms with van der Waals surface area (Å²) in [5, 5.41) is 2.22. The fraction of sp³-hybridized carbons (Fsp3) is 0.227. The van der Waals surface area contributed by atoms with Gasteiger partial charge in [-0.25, -0.2) is 9.36 Å². The molecule has 2 aromatic heterocycles. The lowest BCUT2D eigenvalue weighted by Crippen LogP contribution is -2.43. The molecule has 0 spiro atoms. The molecule has 130 valence electrons. The third-order valence-electron chi connectivity index (χ3n) is 5.44. The smallest absolute Gasteiger partial charge is 0.419 e. The van der Waals surface area contributed by atoms with Crippen molar-refractivity contribution in [1.82, 2.24) is 9.55 Å². The van der Waals surface area contributed by atoms with E-state index in [-0.39, 0.29) is 12.0 Å². The summed E-state index contributed by atoms with van der Waals surface area (Å²) in [6, 6.07) is 16.5. The Bertz CT molecular complexity index is 1180. The molecule has 1 N–H and O–H groups in total. The van der Waals surface area contributed by atoms with E-state index in [1.165, 1.54) is 10.9 Å². The Kier molecular flexibility index (Phi) is 2.94. The average Bonchev–Trinajstić information content (AvgIpc) is 3.15. The molecule has 0 fully saturated rings. The second-order valence-electron chi connectivity index (χ2n) is 7.66. The topological polar surface area (TPSA) is 47.0 Å². The van der Waals surface area contributed by atoms with Gasteiger partial charge in [0.15, 0.2) is 0 Å². The number of hydrogen-bond donors (Lipinski definition) is 1. The first-order valence-corrected chi connectivity index (χ1v) is 8.87. The van der Waals surface area contributed by atoms with Gasteiger partial charge in [0.2, 0.25) is 0 Å². The average molecular weight is 344 g/mol. The van der Waals surface area contributed by atoms with Gasteiger partial charge < -0.3 is 9.72 Å². The van der Waals surface area contributed by atoms with Crippen molar-refractivity contribution in [3.05, 3.63) is 71.5 Å². The van der Waals surface area contributed by atoms with Crippen LogP contribution < -0.4 is 0 Å². The molecule has 4 aromatic rings. The lowest BCUT2D eigenvalue weighted by molar-refractivity contribution is 0.0137. The summed E-state index contributed by atoms with van der Waals surface area (Å²) < 4.78 is 7.61. The molecule has 0 saturated carbocycles. The van der Waals surface area contributed by atoms with Crippen LogP contribution in [0.2, 0.25) is 0 Å². The number of para-hydroxylation sites is 1. The Hall–Kier alpha value is -3.01. The number of fused-ring (bicyclic) bond motifs is 4. The zero-order chi connectivity index (χ0) is 18.1. The summed E-state index contributed by atoms with van der Waals surface area (Å²) in [5.74, 6) is -0.0518. The Balaban J connectivity index is 1.82. The van der Waals surface area contributed by atoms with E-state index in [1.807, 2.05) is 38.1 Å². The maximum absolute atomic E-state index is 12.7. The van der Waals surface area contributed by atoms with Crippen molar-refractivity contribution in [2.75, 3.05) is 0 Å². The molecule has 1 aliphatic heterocycles. The van der Waals surface area contributed by atoms with Crippen LogP contribution in [-0.4, -0.2) is 21.2 Å². The number of benzene rings is 2. The number of carbonyl (C=O) groups is 1. The molecule has 1 aliphatic rings. The van der Waals surface area contributed by atoms with Crippen molar-refractivity contribution >= 4 is 27.9 Å². The standard InChI is InChI=1S/C22H20N2O2/c1-13-8-9-15-16(12-23-17(15)10-13)20-19-11-14-6-4-5-7-18(14)24(19)21(25)26-22(20,2)3/h4-12,20,23H,1-3H3. The van der Waals surface area contributed by atoms with Gasteiger partial charge in [0.25, 0.3) is 0 Å². The number of H-pyrrole nitrogens is 1. The predicted molar refractivity (Wildman–Crippen MR) is 103 cm³/mol. The number of cyclic esters (lactones) is 1. The van der Waals surface area contributed by atoms with Gasteiger partial charge in [-0.3, -0.25) is 0 Å². The van der Waals surface area contributed by atoms with Gasteiger partial charge in [-0.15, -0.1) is 0 Å². The number of ether oxygens (including phenoxy) is 1. The maximum atomic E-state index is 12.7. The number of aryl methyl sites for hydroxylation is 1. The van der Waals surface area contributed by atoms with Crippen LogP contribution in [0.25, 0.3) is 21.8 Å². The maximum Gasteiger partial charge on any atom is 0.419 e. The molecule has 0 aliphatic carbocycles. The number of aromatic amines is 1. The highest BCUT2D eigenvalue weighted by molar-refractivity contribution is 5.93. The Morgan fingerprint density at radius 3 is 2.77 bits per heavy atom. The highest BCUT2D eigenvalue weighted by Gasteiger charge is 2.44. The molecular weight excluding hydrogens is 324 g/mol. The molecule has 2 aromatic carbocycles. The van der Waals surface area contributed by atoms with Crippen molar-refractivity contribution in [2.24, 2.45) is 0 Å². The normalized spacial score (nSPS) is 18.9. The number of rotatable bonds is 1. The first-order valence-electron chi connectivity index (χ1n) is 8.87. The first-order chi connectivity index (χ1) is 12.5. The predicted octanol–water partition coefficient (Wildman–Crippen LogP) is 5.34. The summed E-state index contributed by atoms with van der Waals surface area (Å²) in [6.07, 6.45) is 1.75. The number of hydrogen-bond acceptors (Lipinski definition) is 2. The van der Waals surface area contributed by atoms with Crippen LogP contribution in [0.4, 0.5) is 4.79 Å². The number of nitrogens with one attached hydrogen (secondary N) is 1. The van der Waals surface area contributed by atoms with Crippen molar-refractivity contribution in [1.29, 1.82) is 0 Å². The van der Waals surface area contributed by atoms with Gasteiger partial charge in [0.05, 0.1) is 11.4 Å². The third-order valence-corrected chi connectivity index (χ3v) is 5.44. The van der Waals surface area contributed by atoms with E-state index >= 15 is 0 Å². The second-order valence-corrected chi connectivity index (χ2v) is 7.66. The Labute approximate surface area is 151 Å². The van der Waals surface area contributed by atoms with Crippen LogP contribution in [-0.2, 0) is 4.74 Å². The van der Waals surface area contributed by atoms with E-state index in [2.05, 4.69) is 42.4 Å². The van der Waals surface area contributed by atoms with Crippen LogP contribution in [0, 0.1) is 6.92 Å². The highest BCUT2D eigenvalue weighted by Crippen LogP contribution is 2.45. The van der Waals surface area contributed by atoms with Gasteiger partial charge in [0, 0.05) is 28.2 Å². The van der Waals surface area contributed by atoms with E-state index in [4.69, 9.17) is 4.74 Å². The van der Waals surface area contributed by atoms with E-state index < -0.39 is 5.60 Å².